The van der Waals surface area contributed by atoms with Gasteiger partial charge in [0.2, 0.25) is 0 Å². The zero-order chi connectivity index (χ0) is 20.0. The number of phenolic OH excluding ortho intramolecular Hbond substituents is 1. The summed E-state index contributed by atoms with van der Waals surface area (Å²) in [4.78, 5) is 11.5. The lowest BCUT2D eigenvalue weighted by Crippen LogP contribution is -2.14. The molecule has 0 aromatic heterocycles. The molecule has 0 heterocycles. The van der Waals surface area contributed by atoms with Gasteiger partial charge in [0.05, 0.1) is 6.61 Å². The topological polar surface area (TPSA) is 55.8 Å². The number of benzene rings is 2. The summed E-state index contributed by atoms with van der Waals surface area (Å²) in [6, 6.07) is 9.34. The van der Waals surface area contributed by atoms with E-state index in [9.17, 15) is 9.90 Å². The summed E-state index contributed by atoms with van der Waals surface area (Å²) in [7, 11) is 0. The zero-order valence-corrected chi connectivity index (χ0v) is 17.1. The van der Waals surface area contributed by atoms with Crippen LogP contribution in [0, 0.1) is 0 Å². The molecule has 2 aromatic rings. The van der Waals surface area contributed by atoms with Gasteiger partial charge in [-0.2, -0.15) is 0 Å². The molecule has 0 spiro atoms. The van der Waals surface area contributed by atoms with Crippen LogP contribution >= 0.6 is 11.6 Å². The maximum atomic E-state index is 11.5. The second-order valence-corrected chi connectivity index (χ2v) is 7.12. The number of ether oxygens (including phenoxy) is 2. The third-order valence-electron chi connectivity index (χ3n) is 4.40. The minimum atomic E-state index is -0.402. The molecule has 0 aliphatic rings. The van der Waals surface area contributed by atoms with Crippen LogP contribution in [0.4, 0.5) is 0 Å². The van der Waals surface area contributed by atoms with E-state index in [2.05, 4.69) is 20.8 Å². The highest BCUT2D eigenvalue weighted by atomic mass is 35.5. The molecule has 2 rings (SSSR count). The van der Waals surface area contributed by atoms with Gasteiger partial charge >= 0.3 is 5.97 Å². The smallest absolute Gasteiger partial charge is 0.344 e. The van der Waals surface area contributed by atoms with Crippen LogP contribution < -0.4 is 4.74 Å². The Bertz CT molecular complexity index is 799. The minimum absolute atomic E-state index is 0.137. The Morgan fingerprint density at radius 3 is 2.56 bits per heavy atom. The van der Waals surface area contributed by atoms with E-state index in [4.69, 9.17) is 21.1 Å². The third-order valence-corrected chi connectivity index (χ3v) is 4.74. The Balaban J connectivity index is 2.24. The Labute approximate surface area is 166 Å². The lowest BCUT2D eigenvalue weighted by Gasteiger charge is -2.15. The highest BCUT2D eigenvalue weighted by molar-refractivity contribution is 6.31. The zero-order valence-electron chi connectivity index (χ0n) is 16.3. The van der Waals surface area contributed by atoms with Crippen molar-refractivity contribution in [3.63, 3.8) is 0 Å². The van der Waals surface area contributed by atoms with Crippen molar-refractivity contribution in [1.82, 2.24) is 0 Å². The lowest BCUT2D eigenvalue weighted by atomic mass is 9.94. The first-order valence-corrected chi connectivity index (χ1v) is 9.64. The Morgan fingerprint density at radius 2 is 1.93 bits per heavy atom. The molecule has 0 saturated heterocycles. The Kier molecular flexibility index (Phi) is 7.55. The van der Waals surface area contributed by atoms with E-state index in [1.165, 1.54) is 0 Å². The molecule has 0 aliphatic carbocycles. The fraction of sp³-hybridized carbons (Fsp3) is 0.409. The van der Waals surface area contributed by atoms with Crippen molar-refractivity contribution >= 4 is 17.6 Å². The number of aromatic hydroxyl groups is 1. The number of halogens is 1. The summed E-state index contributed by atoms with van der Waals surface area (Å²) < 4.78 is 10.4. The van der Waals surface area contributed by atoms with E-state index in [-0.39, 0.29) is 12.5 Å². The SMILES string of the molecule is CCOC(=O)COc1cc(Cl)c(Cc2ccc(O)c(C(C)C)c2)c(CC)c1. The van der Waals surface area contributed by atoms with Crippen molar-refractivity contribution in [3.05, 3.63) is 57.6 Å². The van der Waals surface area contributed by atoms with Crippen LogP contribution in [0.2, 0.25) is 5.02 Å². The van der Waals surface area contributed by atoms with E-state index in [0.29, 0.717) is 29.5 Å². The van der Waals surface area contributed by atoms with E-state index in [1.54, 1.807) is 19.1 Å². The minimum Gasteiger partial charge on any atom is -0.508 e. The number of hydrogen-bond acceptors (Lipinski definition) is 4. The molecule has 0 fully saturated rings. The molecule has 0 unspecified atom stereocenters. The average Bonchev–Trinajstić information content (AvgIpc) is 2.63. The maximum Gasteiger partial charge on any atom is 0.344 e. The fourth-order valence-electron chi connectivity index (χ4n) is 2.99. The second-order valence-electron chi connectivity index (χ2n) is 6.71. The monoisotopic (exact) mass is 390 g/mol. The van der Waals surface area contributed by atoms with Crippen molar-refractivity contribution in [2.24, 2.45) is 0 Å². The van der Waals surface area contributed by atoms with Gasteiger partial charge < -0.3 is 14.6 Å². The normalized spacial score (nSPS) is 10.9. The molecule has 0 radical (unpaired) electrons. The van der Waals surface area contributed by atoms with Crippen LogP contribution in [-0.2, 0) is 22.4 Å². The summed E-state index contributed by atoms with van der Waals surface area (Å²) in [5, 5.41) is 10.6. The summed E-state index contributed by atoms with van der Waals surface area (Å²) >= 11 is 6.53. The Hall–Kier alpha value is -2.20. The van der Waals surface area contributed by atoms with Crippen molar-refractivity contribution < 1.29 is 19.4 Å². The van der Waals surface area contributed by atoms with Gasteiger partial charge in [0.1, 0.15) is 11.5 Å². The molecular formula is C22H27ClO4. The van der Waals surface area contributed by atoms with Crippen LogP contribution in [-0.4, -0.2) is 24.3 Å². The number of esters is 1. The molecule has 0 saturated carbocycles. The predicted octanol–water partition coefficient (Wildman–Crippen LogP) is 5.26. The molecule has 1 N–H and O–H groups in total. The molecule has 0 atom stereocenters. The van der Waals surface area contributed by atoms with Crippen LogP contribution in [0.5, 0.6) is 11.5 Å². The standard InChI is InChI=1S/C22H27ClO4/c1-5-16-11-17(27-13-22(25)26-6-2)12-20(23)19(16)10-15-7-8-21(24)18(9-15)14(3)4/h7-9,11-12,14,24H,5-6,10,13H2,1-4H3. The summed E-state index contributed by atoms with van der Waals surface area (Å²) in [6.07, 6.45) is 1.46. The van der Waals surface area contributed by atoms with E-state index in [1.807, 2.05) is 18.2 Å². The first-order chi connectivity index (χ1) is 12.8. The first kappa shape index (κ1) is 21.1. The largest absolute Gasteiger partial charge is 0.508 e. The maximum absolute atomic E-state index is 11.5. The van der Waals surface area contributed by atoms with E-state index in [0.717, 1.165) is 28.7 Å². The van der Waals surface area contributed by atoms with E-state index < -0.39 is 5.97 Å². The van der Waals surface area contributed by atoms with Crippen molar-refractivity contribution in [1.29, 1.82) is 0 Å². The number of phenols is 1. The number of aryl methyl sites for hydroxylation is 1. The number of carbonyl (C=O) groups is 1. The molecule has 5 heteroatoms. The summed E-state index contributed by atoms with van der Waals surface area (Å²) in [6.45, 7) is 8.11. The summed E-state index contributed by atoms with van der Waals surface area (Å²) in [5.74, 6) is 0.714. The van der Waals surface area contributed by atoms with Gasteiger partial charge in [-0.1, -0.05) is 44.5 Å². The fourth-order valence-corrected chi connectivity index (χ4v) is 3.28. The molecule has 146 valence electrons. The third kappa shape index (κ3) is 5.64. The van der Waals surface area contributed by atoms with Gasteiger partial charge in [0.15, 0.2) is 6.61 Å². The van der Waals surface area contributed by atoms with Gasteiger partial charge in [0.25, 0.3) is 0 Å². The molecule has 0 bridgehead atoms. The number of carbonyl (C=O) groups excluding carboxylic acids is 1. The van der Waals surface area contributed by atoms with Gasteiger partial charge in [-0.25, -0.2) is 4.79 Å². The van der Waals surface area contributed by atoms with Gasteiger partial charge in [0, 0.05) is 5.02 Å². The van der Waals surface area contributed by atoms with E-state index >= 15 is 0 Å². The van der Waals surface area contributed by atoms with Crippen molar-refractivity contribution in [2.45, 2.75) is 46.5 Å². The summed E-state index contributed by atoms with van der Waals surface area (Å²) in [5.41, 5.74) is 4.12. The average molecular weight is 391 g/mol. The van der Waals surface area contributed by atoms with Gasteiger partial charge in [-0.05, 0) is 66.1 Å². The molecule has 0 amide bonds. The quantitative estimate of drug-likeness (QED) is 0.624. The Morgan fingerprint density at radius 1 is 1.19 bits per heavy atom. The van der Waals surface area contributed by atoms with Crippen molar-refractivity contribution in [3.8, 4) is 11.5 Å². The molecule has 2 aromatic carbocycles. The van der Waals surface area contributed by atoms with Gasteiger partial charge in [-0.15, -0.1) is 0 Å². The number of rotatable bonds is 8. The van der Waals surface area contributed by atoms with Crippen LogP contribution in [0.3, 0.4) is 0 Å². The van der Waals surface area contributed by atoms with Crippen LogP contribution in [0.1, 0.15) is 55.9 Å². The molecule has 4 nitrogen and oxygen atoms in total. The molecule has 27 heavy (non-hydrogen) atoms. The second kappa shape index (κ2) is 9.65. The first-order valence-electron chi connectivity index (χ1n) is 9.27. The highest BCUT2D eigenvalue weighted by Gasteiger charge is 2.13. The lowest BCUT2D eigenvalue weighted by molar-refractivity contribution is -0.145. The van der Waals surface area contributed by atoms with Crippen LogP contribution in [0.15, 0.2) is 30.3 Å². The molecular weight excluding hydrogens is 364 g/mol. The highest BCUT2D eigenvalue weighted by Crippen LogP contribution is 2.32. The van der Waals surface area contributed by atoms with Gasteiger partial charge in [-0.3, -0.25) is 0 Å². The number of hydrogen-bond donors (Lipinski definition) is 1. The molecule has 0 aliphatic heterocycles. The predicted molar refractivity (Wildman–Crippen MR) is 108 cm³/mol. The van der Waals surface area contributed by atoms with Crippen molar-refractivity contribution in [2.75, 3.05) is 13.2 Å². The van der Waals surface area contributed by atoms with Crippen LogP contribution in [0.25, 0.3) is 0 Å².